The van der Waals surface area contributed by atoms with Crippen molar-refractivity contribution >= 4 is 19.3 Å². The fraction of sp³-hybridized carbons (Fsp3) is 0.167. The van der Waals surface area contributed by atoms with Crippen LogP contribution < -0.4 is 0 Å². The highest BCUT2D eigenvalue weighted by Gasteiger charge is 1.93. The molecule has 0 saturated carbocycles. The summed E-state index contributed by atoms with van der Waals surface area (Å²) in [5.41, 5.74) is 0. The lowest BCUT2D eigenvalue weighted by molar-refractivity contribution is 0.456. The van der Waals surface area contributed by atoms with Crippen molar-refractivity contribution in [2.45, 2.75) is 0 Å². The molecule has 4 nitrogen and oxygen atoms in total. The SMILES string of the molecule is C=N/C=N\N1C=CN=CC1. The zero-order valence-electron chi connectivity index (χ0n) is 5.51. The quantitative estimate of drug-likeness (QED) is 0.402. The summed E-state index contributed by atoms with van der Waals surface area (Å²) in [5, 5.41) is 5.61. The summed E-state index contributed by atoms with van der Waals surface area (Å²) in [6, 6.07) is 0. The molecule has 1 aliphatic rings. The van der Waals surface area contributed by atoms with Crippen molar-refractivity contribution in [1.82, 2.24) is 5.01 Å². The highest BCUT2D eigenvalue weighted by Crippen LogP contribution is 1.93. The fourth-order valence-electron chi connectivity index (χ4n) is 0.556. The van der Waals surface area contributed by atoms with Gasteiger partial charge in [-0.25, -0.2) is 0 Å². The summed E-state index contributed by atoms with van der Waals surface area (Å²) >= 11 is 0. The van der Waals surface area contributed by atoms with Crippen LogP contribution in [-0.4, -0.2) is 30.8 Å². The van der Waals surface area contributed by atoms with E-state index in [0.717, 1.165) is 0 Å². The van der Waals surface area contributed by atoms with Crippen LogP contribution in [0.25, 0.3) is 0 Å². The van der Waals surface area contributed by atoms with Crippen LogP contribution in [0.3, 0.4) is 0 Å². The first-order valence-corrected chi connectivity index (χ1v) is 2.87. The average molecular weight is 136 g/mol. The highest BCUT2D eigenvalue weighted by atomic mass is 15.4. The number of hydrogen-bond acceptors (Lipinski definition) is 3. The summed E-state index contributed by atoms with van der Waals surface area (Å²) in [7, 11) is 0. The molecule has 0 fully saturated rings. The van der Waals surface area contributed by atoms with Gasteiger partial charge >= 0.3 is 0 Å². The number of nitrogens with zero attached hydrogens (tertiary/aromatic N) is 4. The summed E-state index contributed by atoms with van der Waals surface area (Å²) in [4.78, 5) is 7.34. The monoisotopic (exact) mass is 136 g/mol. The van der Waals surface area contributed by atoms with Crippen molar-refractivity contribution in [2.75, 3.05) is 6.54 Å². The third-order valence-electron chi connectivity index (χ3n) is 0.981. The van der Waals surface area contributed by atoms with E-state index < -0.39 is 0 Å². The van der Waals surface area contributed by atoms with Crippen molar-refractivity contribution in [1.29, 1.82) is 0 Å². The molecule has 0 aromatic carbocycles. The Kier molecular flexibility index (Phi) is 2.37. The molecule has 0 aromatic heterocycles. The zero-order valence-corrected chi connectivity index (χ0v) is 5.51. The van der Waals surface area contributed by atoms with E-state index in [2.05, 4.69) is 21.8 Å². The van der Waals surface area contributed by atoms with Crippen LogP contribution in [0.4, 0.5) is 0 Å². The predicted octanol–water partition coefficient (Wildman–Crippen LogP) is 0.488. The largest absolute Gasteiger partial charge is 0.266 e. The van der Waals surface area contributed by atoms with Crippen molar-refractivity contribution in [3.8, 4) is 0 Å². The van der Waals surface area contributed by atoms with Crippen LogP contribution in [0.5, 0.6) is 0 Å². The Morgan fingerprint density at radius 2 is 2.60 bits per heavy atom. The summed E-state index contributed by atoms with van der Waals surface area (Å²) < 4.78 is 0. The number of rotatable bonds is 2. The van der Waals surface area contributed by atoms with Crippen LogP contribution in [0, 0.1) is 0 Å². The molecule has 0 unspecified atom stereocenters. The Morgan fingerprint density at radius 3 is 3.20 bits per heavy atom. The lowest BCUT2D eigenvalue weighted by atomic mass is 10.6. The van der Waals surface area contributed by atoms with Gasteiger partial charge in [-0.3, -0.25) is 15.0 Å². The Balaban J connectivity index is 2.43. The molecule has 1 heterocycles. The lowest BCUT2D eigenvalue weighted by Crippen LogP contribution is -2.14. The molecule has 0 aromatic rings. The molecule has 0 saturated heterocycles. The van der Waals surface area contributed by atoms with Crippen LogP contribution in [0.1, 0.15) is 0 Å². The van der Waals surface area contributed by atoms with Gasteiger partial charge in [0.05, 0.1) is 6.54 Å². The Hall–Kier alpha value is -1.45. The zero-order chi connectivity index (χ0) is 7.23. The van der Waals surface area contributed by atoms with Crippen molar-refractivity contribution in [3.63, 3.8) is 0 Å². The second kappa shape index (κ2) is 3.55. The van der Waals surface area contributed by atoms with E-state index >= 15 is 0 Å². The Labute approximate surface area is 59.3 Å². The standard InChI is InChI=1S/C6H8N4/c1-7-6-9-10-4-2-8-3-5-10/h2-4,6H,1,5H2/b9-6-. The maximum atomic E-state index is 3.90. The van der Waals surface area contributed by atoms with Gasteiger partial charge in [-0.2, -0.15) is 5.10 Å². The molecule has 4 heteroatoms. The Bertz CT molecular complexity index is 192. The number of aliphatic imine (C=N–C) groups is 2. The molecule has 0 aliphatic carbocycles. The maximum Gasteiger partial charge on any atom is 0.135 e. The van der Waals surface area contributed by atoms with Gasteiger partial charge < -0.3 is 0 Å². The molecular weight excluding hydrogens is 128 g/mol. The predicted molar refractivity (Wildman–Crippen MR) is 42.4 cm³/mol. The van der Waals surface area contributed by atoms with Gasteiger partial charge in [-0.15, -0.1) is 0 Å². The third kappa shape index (κ3) is 1.81. The van der Waals surface area contributed by atoms with Crippen LogP contribution in [0.15, 0.2) is 27.5 Å². The molecule has 1 aliphatic heterocycles. The molecule has 1 rings (SSSR count). The molecule has 0 amide bonds. The van der Waals surface area contributed by atoms with Gasteiger partial charge in [-0.05, 0) is 6.72 Å². The van der Waals surface area contributed by atoms with E-state index in [1.807, 2.05) is 0 Å². The lowest BCUT2D eigenvalue weighted by Gasteiger charge is -2.11. The molecule has 10 heavy (non-hydrogen) atoms. The maximum absolute atomic E-state index is 3.90. The summed E-state index contributed by atoms with van der Waals surface area (Å²) in [5.74, 6) is 0. The van der Waals surface area contributed by atoms with Crippen LogP contribution in [0.2, 0.25) is 0 Å². The molecule has 0 spiro atoms. The molecule has 52 valence electrons. The van der Waals surface area contributed by atoms with Gasteiger partial charge in [0.2, 0.25) is 0 Å². The minimum absolute atomic E-state index is 0.697. The van der Waals surface area contributed by atoms with E-state index in [1.165, 1.54) is 6.34 Å². The van der Waals surface area contributed by atoms with Gasteiger partial charge in [0, 0.05) is 18.6 Å². The van der Waals surface area contributed by atoms with E-state index in [-0.39, 0.29) is 0 Å². The smallest absolute Gasteiger partial charge is 0.135 e. The summed E-state index contributed by atoms with van der Waals surface area (Å²) in [6.07, 6.45) is 6.59. The van der Waals surface area contributed by atoms with E-state index in [1.54, 1.807) is 23.6 Å². The van der Waals surface area contributed by atoms with Gasteiger partial charge in [0.1, 0.15) is 6.34 Å². The number of hydrogen-bond donors (Lipinski definition) is 0. The first kappa shape index (κ1) is 6.67. The molecular formula is C6H8N4. The third-order valence-corrected chi connectivity index (χ3v) is 0.981. The van der Waals surface area contributed by atoms with Crippen molar-refractivity contribution in [2.24, 2.45) is 15.1 Å². The topological polar surface area (TPSA) is 40.3 Å². The van der Waals surface area contributed by atoms with E-state index in [4.69, 9.17) is 0 Å². The first-order chi connectivity index (χ1) is 4.93. The second-order valence-electron chi connectivity index (χ2n) is 1.67. The van der Waals surface area contributed by atoms with Gasteiger partial charge in [0.25, 0.3) is 0 Å². The minimum Gasteiger partial charge on any atom is -0.266 e. The van der Waals surface area contributed by atoms with Crippen LogP contribution >= 0.6 is 0 Å². The first-order valence-electron chi connectivity index (χ1n) is 2.87. The fourth-order valence-corrected chi connectivity index (χ4v) is 0.556. The summed E-state index contributed by atoms with van der Waals surface area (Å²) in [6.45, 7) is 3.96. The second-order valence-corrected chi connectivity index (χ2v) is 1.67. The van der Waals surface area contributed by atoms with E-state index in [0.29, 0.717) is 6.54 Å². The molecule has 0 bridgehead atoms. The highest BCUT2D eigenvalue weighted by molar-refractivity contribution is 5.64. The molecule has 0 atom stereocenters. The minimum atomic E-state index is 0.697. The van der Waals surface area contributed by atoms with Crippen LogP contribution in [-0.2, 0) is 0 Å². The van der Waals surface area contributed by atoms with Gasteiger partial charge in [-0.1, -0.05) is 0 Å². The van der Waals surface area contributed by atoms with Crippen molar-refractivity contribution in [3.05, 3.63) is 12.4 Å². The van der Waals surface area contributed by atoms with E-state index in [9.17, 15) is 0 Å². The Morgan fingerprint density at radius 1 is 1.70 bits per heavy atom. The molecule has 0 radical (unpaired) electrons. The normalized spacial score (nSPS) is 16.6. The molecule has 0 N–H and O–H groups in total. The van der Waals surface area contributed by atoms with Crippen molar-refractivity contribution < 1.29 is 0 Å². The van der Waals surface area contributed by atoms with Gasteiger partial charge in [0.15, 0.2) is 0 Å². The number of hydrazone groups is 1. The average Bonchev–Trinajstić information content (AvgIpc) is 2.03.